The highest BCUT2D eigenvalue weighted by molar-refractivity contribution is 5.70. The van der Waals surface area contributed by atoms with Gasteiger partial charge in [-0.05, 0) is 44.0 Å². The second-order valence-electron chi connectivity index (χ2n) is 4.80. The van der Waals surface area contributed by atoms with Gasteiger partial charge in [-0.3, -0.25) is 4.79 Å². The van der Waals surface area contributed by atoms with Crippen LogP contribution in [0.3, 0.4) is 0 Å². The number of benzene rings is 1. The molecule has 2 rings (SSSR count). The van der Waals surface area contributed by atoms with Crippen LogP contribution in [0.2, 0.25) is 0 Å². The van der Waals surface area contributed by atoms with Crippen molar-refractivity contribution in [3.05, 3.63) is 35.6 Å². The molecule has 1 N–H and O–H groups in total. The summed E-state index contributed by atoms with van der Waals surface area (Å²) in [6.45, 7) is 2.39. The van der Waals surface area contributed by atoms with Crippen molar-refractivity contribution in [2.75, 3.05) is 19.6 Å². The van der Waals surface area contributed by atoms with E-state index in [0.717, 1.165) is 25.2 Å². The predicted molar refractivity (Wildman–Crippen MR) is 66.9 cm³/mol. The van der Waals surface area contributed by atoms with E-state index in [2.05, 4.69) is 4.90 Å². The minimum absolute atomic E-state index is 0.155. The summed E-state index contributed by atoms with van der Waals surface area (Å²) >= 11 is 0. The normalized spacial score (nSPS) is 17.8. The first-order valence-electron chi connectivity index (χ1n) is 6.35. The fourth-order valence-corrected chi connectivity index (χ4v) is 2.38. The number of carboxylic acids is 1. The maximum absolute atomic E-state index is 13.4. The molecule has 0 aliphatic carbocycles. The number of nitrogens with zero attached hydrogens (tertiary/aromatic N) is 1. The molecular weight excluding hydrogens is 233 g/mol. The first-order valence-corrected chi connectivity index (χ1v) is 6.35. The summed E-state index contributed by atoms with van der Waals surface area (Å²) in [5.74, 6) is -1.05. The van der Waals surface area contributed by atoms with Gasteiger partial charge < -0.3 is 10.0 Å². The molecule has 1 fully saturated rings. The minimum atomic E-state index is -0.691. The topological polar surface area (TPSA) is 40.5 Å². The van der Waals surface area contributed by atoms with Gasteiger partial charge in [0, 0.05) is 6.54 Å². The van der Waals surface area contributed by atoms with Crippen molar-refractivity contribution in [3.63, 3.8) is 0 Å². The molecule has 1 saturated heterocycles. The van der Waals surface area contributed by atoms with E-state index in [1.54, 1.807) is 12.1 Å². The lowest BCUT2D eigenvalue weighted by Gasteiger charge is -2.29. The Hall–Kier alpha value is -1.42. The number of aliphatic carboxylic acids is 1. The maximum atomic E-state index is 13.4. The Kier molecular flexibility index (Phi) is 4.31. The summed E-state index contributed by atoms with van der Waals surface area (Å²) in [6.07, 6.45) is 2.09. The summed E-state index contributed by atoms with van der Waals surface area (Å²) in [6, 6.07) is 6.82. The standard InChI is InChI=1S/C14H18FNO2/c15-13-4-2-1-3-11(13)5-8-16-9-6-12(7-10-16)14(17)18/h1-4,12H,5-10H2,(H,17,18). The van der Waals surface area contributed by atoms with E-state index in [9.17, 15) is 9.18 Å². The minimum Gasteiger partial charge on any atom is -0.481 e. The van der Waals surface area contributed by atoms with Gasteiger partial charge in [0.2, 0.25) is 0 Å². The Morgan fingerprint density at radius 2 is 2.00 bits per heavy atom. The Morgan fingerprint density at radius 1 is 1.33 bits per heavy atom. The van der Waals surface area contributed by atoms with Crippen LogP contribution in [-0.2, 0) is 11.2 Å². The van der Waals surface area contributed by atoms with E-state index >= 15 is 0 Å². The van der Waals surface area contributed by atoms with E-state index < -0.39 is 5.97 Å². The van der Waals surface area contributed by atoms with Crippen LogP contribution in [0.5, 0.6) is 0 Å². The van der Waals surface area contributed by atoms with Crippen molar-refractivity contribution in [3.8, 4) is 0 Å². The van der Waals surface area contributed by atoms with Crippen LogP contribution in [0, 0.1) is 11.7 Å². The van der Waals surface area contributed by atoms with E-state index in [1.165, 1.54) is 6.07 Å². The maximum Gasteiger partial charge on any atom is 0.306 e. The van der Waals surface area contributed by atoms with Crippen LogP contribution in [-0.4, -0.2) is 35.6 Å². The summed E-state index contributed by atoms with van der Waals surface area (Å²) in [4.78, 5) is 13.0. The predicted octanol–water partition coefficient (Wildman–Crippen LogP) is 2.16. The third-order valence-corrected chi connectivity index (χ3v) is 3.59. The summed E-state index contributed by atoms with van der Waals surface area (Å²) in [7, 11) is 0. The molecule has 0 radical (unpaired) electrons. The van der Waals surface area contributed by atoms with Crippen LogP contribution in [0.25, 0.3) is 0 Å². The van der Waals surface area contributed by atoms with E-state index in [-0.39, 0.29) is 11.7 Å². The van der Waals surface area contributed by atoms with Gasteiger partial charge in [0.15, 0.2) is 0 Å². The molecule has 0 atom stereocenters. The molecule has 0 bridgehead atoms. The zero-order valence-corrected chi connectivity index (χ0v) is 10.3. The van der Waals surface area contributed by atoms with E-state index in [0.29, 0.717) is 19.3 Å². The van der Waals surface area contributed by atoms with Crippen LogP contribution >= 0.6 is 0 Å². The molecule has 0 aromatic heterocycles. The molecule has 98 valence electrons. The number of piperidine rings is 1. The number of carbonyl (C=O) groups is 1. The van der Waals surface area contributed by atoms with E-state index in [4.69, 9.17) is 5.11 Å². The molecule has 0 spiro atoms. The highest BCUT2D eigenvalue weighted by Gasteiger charge is 2.24. The van der Waals surface area contributed by atoms with E-state index in [1.807, 2.05) is 6.07 Å². The highest BCUT2D eigenvalue weighted by atomic mass is 19.1. The quantitative estimate of drug-likeness (QED) is 0.891. The monoisotopic (exact) mass is 251 g/mol. The molecular formula is C14H18FNO2. The molecule has 1 aliphatic rings. The number of hydrogen-bond acceptors (Lipinski definition) is 2. The Labute approximate surface area is 106 Å². The average Bonchev–Trinajstić information content (AvgIpc) is 2.38. The van der Waals surface area contributed by atoms with Crippen molar-refractivity contribution in [1.82, 2.24) is 4.90 Å². The third kappa shape index (κ3) is 3.29. The molecule has 3 nitrogen and oxygen atoms in total. The van der Waals surface area contributed by atoms with Gasteiger partial charge in [-0.15, -0.1) is 0 Å². The van der Waals surface area contributed by atoms with Crippen molar-refractivity contribution in [1.29, 1.82) is 0 Å². The fourth-order valence-electron chi connectivity index (χ4n) is 2.38. The van der Waals surface area contributed by atoms with Gasteiger partial charge >= 0.3 is 5.97 Å². The van der Waals surface area contributed by atoms with Gasteiger partial charge in [-0.2, -0.15) is 0 Å². The van der Waals surface area contributed by atoms with Crippen LogP contribution in [0.15, 0.2) is 24.3 Å². The SMILES string of the molecule is O=C(O)C1CCN(CCc2ccccc2F)CC1. The second-order valence-corrected chi connectivity index (χ2v) is 4.80. The zero-order chi connectivity index (χ0) is 13.0. The summed E-state index contributed by atoms with van der Waals surface area (Å²) in [5, 5.41) is 8.90. The molecule has 1 heterocycles. The molecule has 0 saturated carbocycles. The summed E-state index contributed by atoms with van der Waals surface area (Å²) in [5.41, 5.74) is 0.734. The van der Waals surface area contributed by atoms with Crippen LogP contribution in [0.4, 0.5) is 4.39 Å². The first-order chi connectivity index (χ1) is 8.66. The van der Waals surface area contributed by atoms with Gasteiger partial charge in [0.1, 0.15) is 5.82 Å². The molecule has 4 heteroatoms. The number of likely N-dealkylation sites (tertiary alicyclic amines) is 1. The van der Waals surface area contributed by atoms with Gasteiger partial charge in [-0.25, -0.2) is 4.39 Å². The number of halogens is 1. The zero-order valence-electron chi connectivity index (χ0n) is 10.3. The summed E-state index contributed by atoms with van der Waals surface area (Å²) < 4.78 is 13.4. The van der Waals surface area contributed by atoms with Crippen molar-refractivity contribution >= 4 is 5.97 Å². The van der Waals surface area contributed by atoms with Gasteiger partial charge in [-0.1, -0.05) is 18.2 Å². The van der Waals surface area contributed by atoms with Crippen LogP contribution in [0.1, 0.15) is 18.4 Å². The number of carboxylic acid groups (broad SMARTS) is 1. The Balaban J connectivity index is 1.79. The van der Waals surface area contributed by atoms with Crippen molar-refractivity contribution in [2.45, 2.75) is 19.3 Å². The lowest BCUT2D eigenvalue weighted by Crippen LogP contribution is -2.37. The second kappa shape index (κ2) is 5.96. The smallest absolute Gasteiger partial charge is 0.306 e. The van der Waals surface area contributed by atoms with Crippen molar-refractivity contribution in [2.24, 2.45) is 5.92 Å². The average molecular weight is 251 g/mol. The largest absolute Gasteiger partial charge is 0.481 e. The molecule has 0 amide bonds. The first kappa shape index (κ1) is 13.0. The molecule has 0 unspecified atom stereocenters. The number of rotatable bonds is 4. The molecule has 1 aromatic carbocycles. The van der Waals surface area contributed by atoms with Gasteiger partial charge in [0.05, 0.1) is 5.92 Å². The lowest BCUT2D eigenvalue weighted by molar-refractivity contribution is -0.143. The lowest BCUT2D eigenvalue weighted by atomic mass is 9.97. The molecule has 1 aromatic rings. The third-order valence-electron chi connectivity index (χ3n) is 3.59. The van der Waals surface area contributed by atoms with Crippen molar-refractivity contribution < 1.29 is 14.3 Å². The molecule has 1 aliphatic heterocycles. The highest BCUT2D eigenvalue weighted by Crippen LogP contribution is 2.18. The number of hydrogen-bond donors (Lipinski definition) is 1. The molecule has 18 heavy (non-hydrogen) atoms. The Bertz CT molecular complexity index is 414. The van der Waals surface area contributed by atoms with Crippen LogP contribution < -0.4 is 0 Å². The van der Waals surface area contributed by atoms with Gasteiger partial charge in [0.25, 0.3) is 0 Å². The Morgan fingerprint density at radius 3 is 2.61 bits per heavy atom. The fraction of sp³-hybridized carbons (Fsp3) is 0.500.